The molecule has 1 aromatic carbocycles. The Bertz CT molecular complexity index is 1030. The Morgan fingerprint density at radius 1 is 1.17 bits per heavy atom. The van der Waals surface area contributed by atoms with Crippen LogP contribution in [0.1, 0.15) is 39.8 Å². The van der Waals surface area contributed by atoms with Gasteiger partial charge in [-0.25, -0.2) is 0 Å². The van der Waals surface area contributed by atoms with Crippen LogP contribution in [0.2, 0.25) is 0 Å². The third kappa shape index (κ3) is 4.59. The number of hydrogen-bond donors (Lipinski definition) is 0. The van der Waals surface area contributed by atoms with Crippen LogP contribution in [0.5, 0.6) is 0 Å². The third-order valence-corrected chi connectivity index (χ3v) is 5.22. The number of Topliss-reactive ketones (excluding diaryl/α,β-unsaturated/α-hetero) is 1. The molecule has 0 aliphatic heterocycles. The summed E-state index contributed by atoms with van der Waals surface area (Å²) >= 11 is 0. The van der Waals surface area contributed by atoms with Crippen molar-refractivity contribution in [3.05, 3.63) is 58.6 Å². The van der Waals surface area contributed by atoms with E-state index in [1.165, 1.54) is 5.56 Å². The number of nitrogens with zero attached hydrogens (tertiary/aromatic N) is 1. The van der Waals surface area contributed by atoms with Gasteiger partial charge in [0.1, 0.15) is 5.58 Å². The van der Waals surface area contributed by atoms with Crippen LogP contribution in [0, 0.1) is 13.8 Å². The Morgan fingerprint density at radius 3 is 2.69 bits per heavy atom. The number of fused-ring (bicyclic) bond motifs is 1. The third-order valence-electron chi connectivity index (χ3n) is 5.22. The fourth-order valence-electron chi connectivity index (χ4n) is 3.52. The van der Waals surface area contributed by atoms with E-state index < -0.39 is 5.97 Å². The van der Waals surface area contributed by atoms with Crippen molar-refractivity contribution in [1.82, 2.24) is 4.57 Å². The van der Waals surface area contributed by atoms with Gasteiger partial charge in [-0.1, -0.05) is 19.1 Å². The molecule has 6 nitrogen and oxygen atoms in total. The Balaban J connectivity index is 1.62. The smallest absolute Gasteiger partial charge is 0.310 e. The number of benzene rings is 1. The first-order chi connectivity index (χ1) is 13.9. The molecule has 29 heavy (non-hydrogen) atoms. The van der Waals surface area contributed by atoms with E-state index >= 15 is 0 Å². The minimum Gasteiger partial charge on any atom is -0.464 e. The molecule has 154 valence electrons. The molecule has 0 spiro atoms. The molecular formula is C23H27NO5. The minimum atomic E-state index is -0.450. The van der Waals surface area contributed by atoms with Crippen molar-refractivity contribution in [2.24, 2.45) is 0 Å². The van der Waals surface area contributed by atoms with Crippen LogP contribution in [0.15, 0.2) is 34.9 Å². The summed E-state index contributed by atoms with van der Waals surface area (Å²) in [5.41, 5.74) is 5.10. The molecule has 3 rings (SSSR count). The lowest BCUT2D eigenvalue weighted by Gasteiger charge is -2.09. The van der Waals surface area contributed by atoms with E-state index in [0.717, 1.165) is 34.3 Å². The Morgan fingerprint density at radius 2 is 1.97 bits per heavy atom. The van der Waals surface area contributed by atoms with Crippen LogP contribution >= 0.6 is 0 Å². The van der Waals surface area contributed by atoms with Gasteiger partial charge in [-0.3, -0.25) is 9.59 Å². The predicted molar refractivity (Wildman–Crippen MR) is 110 cm³/mol. The molecule has 0 bridgehead atoms. The number of furan rings is 1. The first-order valence-corrected chi connectivity index (χ1v) is 9.78. The van der Waals surface area contributed by atoms with Crippen molar-refractivity contribution < 1.29 is 23.5 Å². The van der Waals surface area contributed by atoms with Crippen LogP contribution in [0.3, 0.4) is 0 Å². The van der Waals surface area contributed by atoms with Crippen molar-refractivity contribution in [2.45, 2.75) is 40.2 Å². The van der Waals surface area contributed by atoms with Gasteiger partial charge in [0.05, 0.1) is 19.3 Å². The summed E-state index contributed by atoms with van der Waals surface area (Å²) in [4.78, 5) is 24.8. The molecule has 0 radical (unpaired) electrons. The number of ketones is 1. The van der Waals surface area contributed by atoms with E-state index in [2.05, 4.69) is 6.92 Å². The van der Waals surface area contributed by atoms with Crippen LogP contribution in [0.4, 0.5) is 0 Å². The lowest BCUT2D eigenvalue weighted by atomic mass is 10.1. The molecule has 0 atom stereocenters. The zero-order valence-corrected chi connectivity index (χ0v) is 17.4. The summed E-state index contributed by atoms with van der Waals surface area (Å²) in [6, 6.07) is 7.79. The maximum atomic E-state index is 12.6. The Hall–Kier alpha value is -2.86. The lowest BCUT2D eigenvalue weighted by molar-refractivity contribution is -0.141. The minimum absolute atomic E-state index is 0.0681. The average Bonchev–Trinajstić information content (AvgIpc) is 3.24. The summed E-state index contributed by atoms with van der Waals surface area (Å²) in [7, 11) is 1.64. The summed E-state index contributed by atoms with van der Waals surface area (Å²) < 4.78 is 18.0. The van der Waals surface area contributed by atoms with Gasteiger partial charge >= 0.3 is 5.97 Å². The topological polar surface area (TPSA) is 70.7 Å². The summed E-state index contributed by atoms with van der Waals surface area (Å²) in [6.45, 7) is 6.88. The SMILES string of the molecule is CCc1ccc2c(CC(=O)OCC(=O)c3cc(C)n(CCOC)c3C)coc2c1. The second-order valence-corrected chi connectivity index (χ2v) is 7.13. The largest absolute Gasteiger partial charge is 0.464 e. The second-order valence-electron chi connectivity index (χ2n) is 7.13. The standard InChI is InChI=1S/C23H27NO5/c1-5-17-6-7-19-18(13-28-22(19)11-17)12-23(26)29-14-21(25)20-10-15(2)24(16(20)3)8-9-27-4/h6-7,10-11,13H,5,8-9,12,14H2,1-4H3. The van der Waals surface area contributed by atoms with Crippen LogP contribution < -0.4 is 0 Å². The molecular weight excluding hydrogens is 370 g/mol. The van der Waals surface area contributed by atoms with Crippen molar-refractivity contribution in [3.8, 4) is 0 Å². The molecule has 2 aromatic heterocycles. The van der Waals surface area contributed by atoms with Crippen molar-refractivity contribution >= 4 is 22.7 Å². The molecule has 0 aliphatic rings. The van der Waals surface area contributed by atoms with Gasteiger partial charge in [0.2, 0.25) is 5.78 Å². The highest BCUT2D eigenvalue weighted by Gasteiger charge is 2.18. The maximum Gasteiger partial charge on any atom is 0.310 e. The fraction of sp³-hybridized carbons (Fsp3) is 0.391. The summed E-state index contributed by atoms with van der Waals surface area (Å²) in [5, 5.41) is 0.896. The highest BCUT2D eigenvalue weighted by Crippen LogP contribution is 2.23. The monoisotopic (exact) mass is 397 g/mol. The first-order valence-electron chi connectivity index (χ1n) is 9.78. The lowest BCUT2D eigenvalue weighted by Crippen LogP contribution is -2.16. The Labute approximate surface area is 170 Å². The van der Waals surface area contributed by atoms with Crippen molar-refractivity contribution in [2.75, 3.05) is 20.3 Å². The van der Waals surface area contributed by atoms with Crippen LogP contribution in [-0.2, 0) is 33.7 Å². The number of rotatable bonds is 9. The molecule has 0 saturated heterocycles. The normalized spacial score (nSPS) is 11.2. The zero-order chi connectivity index (χ0) is 21.0. The molecule has 0 aliphatic carbocycles. The molecule has 3 aromatic rings. The molecule has 0 amide bonds. The highest BCUT2D eigenvalue weighted by atomic mass is 16.5. The highest BCUT2D eigenvalue weighted by molar-refractivity contribution is 5.99. The second kappa shape index (κ2) is 9.09. The number of ether oxygens (including phenoxy) is 2. The molecule has 0 saturated carbocycles. The van der Waals surface area contributed by atoms with Crippen LogP contribution in [-0.4, -0.2) is 36.6 Å². The van der Waals surface area contributed by atoms with Crippen LogP contribution in [0.25, 0.3) is 11.0 Å². The molecule has 6 heteroatoms. The summed E-state index contributed by atoms with van der Waals surface area (Å²) in [5.74, 6) is -0.659. The molecule has 0 fully saturated rings. The van der Waals surface area contributed by atoms with Gasteiger partial charge in [0.25, 0.3) is 0 Å². The van der Waals surface area contributed by atoms with E-state index in [1.54, 1.807) is 13.4 Å². The molecule has 0 unspecified atom stereocenters. The maximum absolute atomic E-state index is 12.6. The quantitative estimate of drug-likeness (QED) is 0.403. The fourth-order valence-corrected chi connectivity index (χ4v) is 3.52. The van der Waals surface area contributed by atoms with E-state index in [0.29, 0.717) is 18.7 Å². The van der Waals surface area contributed by atoms with Gasteiger partial charge in [-0.05, 0) is 38.0 Å². The molecule has 2 heterocycles. The predicted octanol–water partition coefficient (Wildman–Crippen LogP) is 4.03. The van der Waals surface area contributed by atoms with Gasteiger partial charge in [0, 0.05) is 41.6 Å². The number of aromatic nitrogens is 1. The average molecular weight is 397 g/mol. The van der Waals surface area contributed by atoms with E-state index in [9.17, 15) is 9.59 Å². The summed E-state index contributed by atoms with van der Waals surface area (Å²) in [6.07, 6.45) is 2.57. The number of esters is 1. The zero-order valence-electron chi connectivity index (χ0n) is 17.4. The first kappa shape index (κ1) is 20.9. The number of carbonyl (C=O) groups is 2. The van der Waals surface area contributed by atoms with Crippen molar-refractivity contribution in [3.63, 3.8) is 0 Å². The van der Waals surface area contributed by atoms with Gasteiger partial charge in [-0.2, -0.15) is 0 Å². The van der Waals surface area contributed by atoms with E-state index in [4.69, 9.17) is 13.9 Å². The van der Waals surface area contributed by atoms with Gasteiger partial charge in [0.15, 0.2) is 6.61 Å². The van der Waals surface area contributed by atoms with E-state index in [-0.39, 0.29) is 18.8 Å². The van der Waals surface area contributed by atoms with Crippen molar-refractivity contribution in [1.29, 1.82) is 0 Å². The van der Waals surface area contributed by atoms with Gasteiger partial charge in [-0.15, -0.1) is 0 Å². The number of hydrogen-bond acceptors (Lipinski definition) is 5. The Kier molecular flexibility index (Phi) is 6.54. The van der Waals surface area contributed by atoms with E-state index in [1.807, 2.05) is 42.7 Å². The number of methoxy groups -OCH3 is 1. The number of aryl methyl sites for hydroxylation is 2. The number of carbonyl (C=O) groups excluding carboxylic acids is 2. The van der Waals surface area contributed by atoms with Gasteiger partial charge < -0.3 is 18.5 Å². The molecule has 0 N–H and O–H groups in total.